The first-order valence-corrected chi connectivity index (χ1v) is 7.09. The van der Waals surface area contributed by atoms with Gasteiger partial charge in [0.2, 0.25) is 5.95 Å². The molecule has 108 valence electrons. The zero-order chi connectivity index (χ0) is 14.3. The molecule has 1 aliphatic carbocycles. The molecular weight excluding hydrogens is 256 g/mol. The van der Waals surface area contributed by atoms with Crippen LogP contribution in [-0.2, 0) is 4.79 Å². The third kappa shape index (κ3) is 2.42. The molecule has 0 spiro atoms. The van der Waals surface area contributed by atoms with E-state index in [4.69, 9.17) is 0 Å². The van der Waals surface area contributed by atoms with E-state index in [-0.39, 0.29) is 11.8 Å². The standard InChI is InChI=1S/C14H20N4O2/c1-8-5-12(15-2)17-14(16-8)18-6-10(9-3-4-9)11(7-18)13(19)20/h5,9-11H,3-4,6-7H2,1-2H3,(H,19,20)(H,15,16,17)/t10-,11+/m1/s1. The second-order valence-electron chi connectivity index (χ2n) is 5.80. The van der Waals surface area contributed by atoms with Crippen molar-refractivity contribution < 1.29 is 9.90 Å². The van der Waals surface area contributed by atoms with Crippen LogP contribution in [0.2, 0.25) is 0 Å². The van der Waals surface area contributed by atoms with Crippen LogP contribution in [0.1, 0.15) is 18.5 Å². The quantitative estimate of drug-likeness (QED) is 0.865. The van der Waals surface area contributed by atoms with Crippen molar-refractivity contribution in [3.63, 3.8) is 0 Å². The molecule has 1 saturated carbocycles. The maximum Gasteiger partial charge on any atom is 0.308 e. The van der Waals surface area contributed by atoms with E-state index in [0.717, 1.165) is 18.1 Å². The van der Waals surface area contributed by atoms with Gasteiger partial charge in [-0.05, 0) is 31.6 Å². The summed E-state index contributed by atoms with van der Waals surface area (Å²) in [5.41, 5.74) is 0.890. The van der Waals surface area contributed by atoms with Crippen LogP contribution in [0.5, 0.6) is 0 Å². The van der Waals surface area contributed by atoms with E-state index in [9.17, 15) is 9.90 Å². The summed E-state index contributed by atoms with van der Waals surface area (Å²) in [4.78, 5) is 22.4. The highest BCUT2D eigenvalue weighted by Gasteiger charge is 2.46. The van der Waals surface area contributed by atoms with Crippen molar-refractivity contribution in [2.24, 2.45) is 17.8 Å². The number of hydrogen-bond acceptors (Lipinski definition) is 5. The van der Waals surface area contributed by atoms with Crippen LogP contribution in [0.4, 0.5) is 11.8 Å². The average Bonchev–Trinajstić information content (AvgIpc) is 3.16. The smallest absolute Gasteiger partial charge is 0.308 e. The summed E-state index contributed by atoms with van der Waals surface area (Å²) >= 11 is 0. The molecule has 2 fully saturated rings. The second-order valence-corrected chi connectivity index (χ2v) is 5.80. The maximum atomic E-state index is 11.4. The minimum absolute atomic E-state index is 0.245. The molecule has 2 aliphatic rings. The highest BCUT2D eigenvalue weighted by molar-refractivity contribution is 5.72. The lowest BCUT2D eigenvalue weighted by atomic mass is 9.92. The molecule has 2 atom stereocenters. The molecule has 0 amide bonds. The van der Waals surface area contributed by atoms with Crippen molar-refractivity contribution in [3.8, 4) is 0 Å². The maximum absolute atomic E-state index is 11.4. The van der Waals surface area contributed by atoms with E-state index in [1.54, 1.807) is 0 Å². The number of anilines is 2. The summed E-state index contributed by atoms with van der Waals surface area (Å²) in [7, 11) is 1.82. The van der Waals surface area contributed by atoms with Crippen LogP contribution in [0, 0.1) is 24.7 Å². The molecular formula is C14H20N4O2. The van der Waals surface area contributed by atoms with E-state index in [0.29, 0.717) is 18.4 Å². The lowest BCUT2D eigenvalue weighted by molar-refractivity contribution is -0.142. The third-order valence-corrected chi connectivity index (χ3v) is 4.29. The molecule has 2 N–H and O–H groups in total. The van der Waals surface area contributed by atoms with Crippen LogP contribution in [0.3, 0.4) is 0 Å². The fourth-order valence-corrected chi connectivity index (χ4v) is 3.08. The number of aromatic nitrogens is 2. The van der Waals surface area contributed by atoms with Crippen molar-refractivity contribution in [3.05, 3.63) is 11.8 Å². The van der Waals surface area contributed by atoms with Crippen molar-refractivity contribution in [2.45, 2.75) is 19.8 Å². The molecule has 0 bridgehead atoms. The van der Waals surface area contributed by atoms with Crippen LogP contribution >= 0.6 is 0 Å². The highest BCUT2D eigenvalue weighted by atomic mass is 16.4. The fraction of sp³-hybridized carbons (Fsp3) is 0.643. The predicted octanol–water partition coefficient (Wildman–Crippen LogP) is 1.37. The van der Waals surface area contributed by atoms with Gasteiger partial charge in [0, 0.05) is 31.9 Å². The number of aryl methyl sites for hydroxylation is 1. The lowest BCUT2D eigenvalue weighted by Crippen LogP contribution is -2.25. The first kappa shape index (κ1) is 13.1. The first-order chi connectivity index (χ1) is 9.58. The Labute approximate surface area is 118 Å². The molecule has 2 heterocycles. The number of carboxylic acid groups (broad SMARTS) is 1. The van der Waals surface area contributed by atoms with Gasteiger partial charge in [-0.3, -0.25) is 4.79 Å². The van der Waals surface area contributed by atoms with Gasteiger partial charge in [-0.15, -0.1) is 0 Å². The molecule has 3 rings (SSSR count). The Morgan fingerprint density at radius 3 is 2.75 bits per heavy atom. The van der Waals surface area contributed by atoms with E-state index in [1.165, 1.54) is 12.8 Å². The van der Waals surface area contributed by atoms with E-state index in [2.05, 4.69) is 15.3 Å². The molecule has 20 heavy (non-hydrogen) atoms. The Morgan fingerprint density at radius 2 is 2.15 bits per heavy atom. The molecule has 6 nitrogen and oxygen atoms in total. The Balaban J connectivity index is 1.84. The van der Waals surface area contributed by atoms with Gasteiger partial charge in [0.1, 0.15) is 5.82 Å². The molecule has 1 aromatic heterocycles. The van der Waals surface area contributed by atoms with Gasteiger partial charge >= 0.3 is 5.97 Å². The van der Waals surface area contributed by atoms with Crippen LogP contribution < -0.4 is 10.2 Å². The van der Waals surface area contributed by atoms with Crippen molar-refractivity contribution >= 4 is 17.7 Å². The van der Waals surface area contributed by atoms with Crippen molar-refractivity contribution in [1.82, 2.24) is 9.97 Å². The minimum atomic E-state index is -0.689. The average molecular weight is 276 g/mol. The SMILES string of the molecule is CNc1cc(C)nc(N2C[C@H](C(=O)O)[C@@H](C3CC3)C2)n1. The van der Waals surface area contributed by atoms with Gasteiger partial charge in [0.05, 0.1) is 5.92 Å². The highest BCUT2D eigenvalue weighted by Crippen LogP contribution is 2.44. The van der Waals surface area contributed by atoms with E-state index < -0.39 is 5.97 Å². The summed E-state index contributed by atoms with van der Waals surface area (Å²) in [6.45, 7) is 3.20. The summed E-state index contributed by atoms with van der Waals surface area (Å²) < 4.78 is 0. The third-order valence-electron chi connectivity index (χ3n) is 4.29. The van der Waals surface area contributed by atoms with Gasteiger partial charge in [-0.25, -0.2) is 4.98 Å². The van der Waals surface area contributed by atoms with Crippen molar-refractivity contribution in [2.75, 3.05) is 30.4 Å². The molecule has 1 aromatic rings. The van der Waals surface area contributed by atoms with Crippen LogP contribution in [-0.4, -0.2) is 41.2 Å². The number of rotatable bonds is 4. The molecule has 1 aliphatic heterocycles. The first-order valence-electron chi connectivity index (χ1n) is 7.09. The van der Waals surface area contributed by atoms with Crippen molar-refractivity contribution in [1.29, 1.82) is 0 Å². The number of hydrogen-bond donors (Lipinski definition) is 2. The van der Waals surface area contributed by atoms with E-state index >= 15 is 0 Å². The molecule has 6 heteroatoms. The molecule has 0 radical (unpaired) electrons. The molecule has 1 saturated heterocycles. The van der Waals surface area contributed by atoms with Gasteiger partial charge in [0.25, 0.3) is 0 Å². The summed E-state index contributed by atoms with van der Waals surface area (Å²) in [6.07, 6.45) is 2.33. The monoisotopic (exact) mass is 276 g/mol. The summed E-state index contributed by atoms with van der Waals surface area (Å²) in [5, 5.41) is 12.4. The van der Waals surface area contributed by atoms with Gasteiger partial charge in [0.15, 0.2) is 0 Å². The normalized spacial score (nSPS) is 25.8. The fourth-order valence-electron chi connectivity index (χ4n) is 3.08. The zero-order valence-electron chi connectivity index (χ0n) is 11.8. The van der Waals surface area contributed by atoms with Gasteiger partial charge in [-0.1, -0.05) is 0 Å². The predicted molar refractivity (Wildman–Crippen MR) is 75.9 cm³/mol. The van der Waals surface area contributed by atoms with Gasteiger partial charge in [-0.2, -0.15) is 4.98 Å². The van der Waals surface area contributed by atoms with Crippen LogP contribution in [0.25, 0.3) is 0 Å². The Hall–Kier alpha value is -1.85. The number of nitrogens with one attached hydrogen (secondary N) is 1. The van der Waals surface area contributed by atoms with Crippen LogP contribution in [0.15, 0.2) is 6.07 Å². The van der Waals surface area contributed by atoms with E-state index in [1.807, 2.05) is 24.9 Å². The summed E-state index contributed by atoms with van der Waals surface area (Å²) in [6, 6.07) is 1.88. The molecule has 0 unspecified atom stereocenters. The topological polar surface area (TPSA) is 78.4 Å². The Kier molecular flexibility index (Phi) is 3.23. The number of aliphatic carboxylic acids is 1. The molecule has 0 aromatic carbocycles. The summed E-state index contributed by atoms with van der Waals surface area (Å²) in [5.74, 6) is 1.26. The largest absolute Gasteiger partial charge is 0.481 e. The Morgan fingerprint density at radius 1 is 1.40 bits per heavy atom. The lowest BCUT2D eigenvalue weighted by Gasteiger charge is -2.17. The second kappa shape index (κ2) is 4.92. The number of carboxylic acids is 1. The minimum Gasteiger partial charge on any atom is -0.481 e. The van der Waals surface area contributed by atoms with Gasteiger partial charge < -0.3 is 15.3 Å². The number of carbonyl (C=O) groups is 1. The zero-order valence-corrected chi connectivity index (χ0v) is 11.8. The number of nitrogens with zero attached hydrogens (tertiary/aromatic N) is 3. The Bertz CT molecular complexity index is 530.